The van der Waals surface area contributed by atoms with E-state index in [1.54, 1.807) is 12.1 Å². The van der Waals surface area contributed by atoms with Gasteiger partial charge in [0.15, 0.2) is 12.0 Å². The summed E-state index contributed by atoms with van der Waals surface area (Å²) in [5.41, 5.74) is 3.36. The molecule has 1 aromatic heterocycles. The van der Waals surface area contributed by atoms with Gasteiger partial charge in [0.05, 0.1) is 0 Å². The third kappa shape index (κ3) is 2.85. The zero-order valence-electron chi connectivity index (χ0n) is 10.9. The fourth-order valence-corrected chi connectivity index (χ4v) is 2.06. The van der Waals surface area contributed by atoms with Crippen molar-refractivity contribution in [3.05, 3.63) is 60.5 Å². The lowest BCUT2D eigenvalue weighted by atomic mass is 10.1. The average Bonchev–Trinajstić information content (AvgIpc) is 2.94. The second-order valence-corrected chi connectivity index (χ2v) is 4.57. The molecule has 3 aromatic rings. The minimum atomic E-state index is -0.00306. The van der Waals surface area contributed by atoms with Crippen LogP contribution in [0.5, 0.6) is 0 Å². The van der Waals surface area contributed by atoms with Gasteiger partial charge in [-0.1, -0.05) is 30.3 Å². The van der Waals surface area contributed by atoms with Crippen LogP contribution in [0.15, 0.2) is 59.3 Å². The van der Waals surface area contributed by atoms with Crippen LogP contribution in [0.1, 0.15) is 12.0 Å². The molecule has 0 atom stereocenters. The van der Waals surface area contributed by atoms with E-state index >= 15 is 0 Å². The topological polar surface area (TPSA) is 55.1 Å². The van der Waals surface area contributed by atoms with E-state index in [4.69, 9.17) is 4.42 Å². The minimum Gasteiger partial charge on any atom is -0.443 e. The molecule has 0 fully saturated rings. The van der Waals surface area contributed by atoms with Crippen molar-refractivity contribution < 1.29 is 9.21 Å². The second-order valence-electron chi connectivity index (χ2n) is 4.57. The van der Waals surface area contributed by atoms with Crippen LogP contribution in [0.25, 0.3) is 11.1 Å². The highest BCUT2D eigenvalue weighted by Gasteiger charge is 2.05. The first-order valence-corrected chi connectivity index (χ1v) is 6.48. The molecule has 3 rings (SSSR count). The van der Waals surface area contributed by atoms with E-state index in [0.29, 0.717) is 12.0 Å². The van der Waals surface area contributed by atoms with E-state index in [9.17, 15) is 4.79 Å². The third-order valence-corrected chi connectivity index (χ3v) is 3.10. The lowest BCUT2D eigenvalue weighted by Crippen LogP contribution is -2.12. The van der Waals surface area contributed by atoms with E-state index in [2.05, 4.69) is 10.3 Å². The van der Waals surface area contributed by atoms with Gasteiger partial charge in [-0.05, 0) is 30.2 Å². The molecule has 0 bridgehead atoms. The minimum absolute atomic E-state index is 0.00306. The molecule has 0 radical (unpaired) electrons. The smallest absolute Gasteiger partial charge is 0.224 e. The van der Waals surface area contributed by atoms with Crippen molar-refractivity contribution in [1.29, 1.82) is 0 Å². The number of benzene rings is 2. The first-order valence-electron chi connectivity index (χ1n) is 6.48. The lowest BCUT2D eigenvalue weighted by Gasteiger charge is -2.05. The zero-order chi connectivity index (χ0) is 13.8. The number of fused-ring (bicyclic) bond motifs is 1. The van der Waals surface area contributed by atoms with E-state index < -0.39 is 0 Å². The van der Waals surface area contributed by atoms with Gasteiger partial charge in [0, 0.05) is 12.1 Å². The molecular weight excluding hydrogens is 252 g/mol. The summed E-state index contributed by atoms with van der Waals surface area (Å²) in [5.74, 6) is -0.00306. The molecule has 0 spiro atoms. The largest absolute Gasteiger partial charge is 0.443 e. The Labute approximate surface area is 116 Å². The van der Waals surface area contributed by atoms with Gasteiger partial charge in [-0.2, -0.15) is 0 Å². The van der Waals surface area contributed by atoms with Crippen LogP contribution in [0.2, 0.25) is 0 Å². The summed E-state index contributed by atoms with van der Waals surface area (Å²) in [7, 11) is 0. The van der Waals surface area contributed by atoms with Crippen molar-refractivity contribution in [2.24, 2.45) is 0 Å². The number of oxazole rings is 1. The summed E-state index contributed by atoms with van der Waals surface area (Å²) < 4.78 is 5.16. The highest BCUT2D eigenvalue weighted by molar-refractivity contribution is 5.92. The van der Waals surface area contributed by atoms with E-state index in [-0.39, 0.29) is 5.91 Å². The molecule has 20 heavy (non-hydrogen) atoms. The number of aromatic nitrogens is 1. The molecule has 0 aliphatic heterocycles. The monoisotopic (exact) mass is 266 g/mol. The molecule has 1 amide bonds. The van der Waals surface area contributed by atoms with Gasteiger partial charge in [0.25, 0.3) is 0 Å². The molecule has 0 saturated heterocycles. The Morgan fingerprint density at radius 3 is 2.85 bits per heavy atom. The van der Waals surface area contributed by atoms with Crippen LogP contribution in [0.4, 0.5) is 5.69 Å². The van der Waals surface area contributed by atoms with Gasteiger partial charge < -0.3 is 9.73 Å². The van der Waals surface area contributed by atoms with Gasteiger partial charge in [-0.25, -0.2) is 4.98 Å². The van der Waals surface area contributed by atoms with Crippen LogP contribution in [0.3, 0.4) is 0 Å². The number of amides is 1. The van der Waals surface area contributed by atoms with Crippen molar-refractivity contribution >= 4 is 22.7 Å². The van der Waals surface area contributed by atoms with E-state index in [0.717, 1.165) is 23.2 Å². The fraction of sp³-hybridized carbons (Fsp3) is 0.125. The summed E-state index contributed by atoms with van der Waals surface area (Å²) in [6.07, 6.45) is 2.59. The number of aryl methyl sites for hydroxylation is 1. The van der Waals surface area contributed by atoms with Crippen molar-refractivity contribution in [2.75, 3.05) is 5.32 Å². The normalized spacial score (nSPS) is 10.6. The molecule has 0 aliphatic carbocycles. The maximum Gasteiger partial charge on any atom is 0.224 e. The number of rotatable bonds is 4. The zero-order valence-corrected chi connectivity index (χ0v) is 10.9. The number of hydrogen-bond acceptors (Lipinski definition) is 3. The Bertz CT molecular complexity index is 719. The molecule has 1 heterocycles. The Kier molecular flexibility index (Phi) is 3.46. The Morgan fingerprint density at radius 1 is 1.15 bits per heavy atom. The number of hydrogen-bond donors (Lipinski definition) is 1. The van der Waals surface area contributed by atoms with Gasteiger partial charge >= 0.3 is 0 Å². The van der Waals surface area contributed by atoms with E-state index in [1.165, 1.54) is 6.39 Å². The van der Waals surface area contributed by atoms with Crippen molar-refractivity contribution in [3.63, 3.8) is 0 Å². The van der Waals surface area contributed by atoms with Crippen molar-refractivity contribution in [2.45, 2.75) is 12.8 Å². The summed E-state index contributed by atoms with van der Waals surface area (Å²) in [6, 6.07) is 15.4. The molecule has 0 unspecified atom stereocenters. The predicted molar refractivity (Wildman–Crippen MR) is 77.4 cm³/mol. The molecule has 4 nitrogen and oxygen atoms in total. The predicted octanol–water partition coefficient (Wildman–Crippen LogP) is 3.40. The molecule has 4 heteroatoms. The number of nitrogens with zero attached hydrogens (tertiary/aromatic N) is 1. The first-order chi connectivity index (χ1) is 9.81. The lowest BCUT2D eigenvalue weighted by molar-refractivity contribution is -0.116. The van der Waals surface area contributed by atoms with Gasteiger partial charge in [-0.3, -0.25) is 4.79 Å². The summed E-state index contributed by atoms with van der Waals surface area (Å²) in [4.78, 5) is 16.0. The fourth-order valence-electron chi connectivity index (χ4n) is 2.06. The van der Waals surface area contributed by atoms with E-state index in [1.807, 2.05) is 36.4 Å². The van der Waals surface area contributed by atoms with Crippen molar-refractivity contribution in [3.8, 4) is 0 Å². The van der Waals surface area contributed by atoms with Crippen LogP contribution in [-0.4, -0.2) is 10.9 Å². The third-order valence-electron chi connectivity index (χ3n) is 3.10. The van der Waals surface area contributed by atoms with Gasteiger partial charge in [-0.15, -0.1) is 0 Å². The molecular formula is C16H14N2O2. The van der Waals surface area contributed by atoms with Gasteiger partial charge in [0.2, 0.25) is 5.91 Å². The number of carbonyl (C=O) groups is 1. The molecule has 0 aliphatic rings. The van der Waals surface area contributed by atoms with Crippen LogP contribution in [-0.2, 0) is 11.2 Å². The maximum absolute atomic E-state index is 11.9. The van der Waals surface area contributed by atoms with Gasteiger partial charge in [0.1, 0.15) is 5.52 Å². The SMILES string of the molecule is O=C(CCc1ccccc1)Nc1ccc2ocnc2c1. The van der Waals surface area contributed by atoms with Crippen LogP contribution < -0.4 is 5.32 Å². The molecule has 2 aromatic carbocycles. The molecule has 1 N–H and O–H groups in total. The molecule has 100 valence electrons. The first kappa shape index (κ1) is 12.4. The van der Waals surface area contributed by atoms with Crippen molar-refractivity contribution in [1.82, 2.24) is 4.98 Å². The van der Waals surface area contributed by atoms with Crippen LogP contribution in [0, 0.1) is 0 Å². The number of carbonyl (C=O) groups excluding carboxylic acids is 1. The molecule has 0 saturated carbocycles. The van der Waals surface area contributed by atoms with Crippen LogP contribution >= 0.6 is 0 Å². The summed E-state index contributed by atoms with van der Waals surface area (Å²) >= 11 is 0. The number of anilines is 1. The summed E-state index contributed by atoms with van der Waals surface area (Å²) in [5, 5.41) is 2.87. The highest BCUT2D eigenvalue weighted by atomic mass is 16.3. The Hall–Kier alpha value is -2.62. The number of nitrogens with one attached hydrogen (secondary N) is 1. The quantitative estimate of drug-likeness (QED) is 0.787. The Balaban J connectivity index is 1.61. The maximum atomic E-state index is 11.9. The average molecular weight is 266 g/mol. The second kappa shape index (κ2) is 5.57. The Morgan fingerprint density at radius 2 is 2.00 bits per heavy atom. The summed E-state index contributed by atoms with van der Waals surface area (Å²) in [6.45, 7) is 0. The highest BCUT2D eigenvalue weighted by Crippen LogP contribution is 2.17. The standard InChI is InChI=1S/C16H14N2O2/c19-16(9-6-12-4-2-1-3-5-12)18-13-7-8-15-14(10-13)17-11-20-15/h1-5,7-8,10-11H,6,9H2,(H,18,19).